The Morgan fingerprint density at radius 1 is 1.25 bits per heavy atom. The van der Waals surface area contributed by atoms with Crippen molar-refractivity contribution in [3.63, 3.8) is 0 Å². The summed E-state index contributed by atoms with van der Waals surface area (Å²) in [6, 6.07) is 2.33. The molecule has 0 rings (SSSR count). The van der Waals surface area contributed by atoms with Crippen LogP contribution in [0.3, 0.4) is 0 Å². The third kappa shape index (κ3) is 10.2. The maximum absolute atomic E-state index is 9.25. The number of methoxy groups -OCH3 is 1. The van der Waals surface area contributed by atoms with Gasteiger partial charge in [-0.05, 0) is 33.2 Å². The van der Waals surface area contributed by atoms with Crippen LogP contribution in [0.25, 0.3) is 0 Å². The van der Waals surface area contributed by atoms with Crippen LogP contribution in [0.4, 0.5) is 0 Å². The lowest BCUT2D eigenvalue weighted by molar-refractivity contribution is -0.000624. The molecule has 1 N–H and O–H groups in total. The van der Waals surface area contributed by atoms with Crippen molar-refractivity contribution in [3.05, 3.63) is 0 Å². The van der Waals surface area contributed by atoms with Crippen molar-refractivity contribution < 1.29 is 14.2 Å². The van der Waals surface area contributed by atoms with Gasteiger partial charge in [-0.15, -0.1) is 0 Å². The van der Waals surface area contributed by atoms with Gasteiger partial charge in [0.15, 0.2) is 0 Å². The molecule has 0 radical (unpaired) electrons. The molecule has 0 aromatic heterocycles. The minimum Gasteiger partial charge on any atom is -0.385 e. The highest BCUT2D eigenvalue weighted by Crippen LogP contribution is 2.13. The number of nitrogens with zero attached hydrogens (tertiary/aromatic N) is 1. The Hall–Kier alpha value is -0.670. The Kier molecular flexibility index (Phi) is 11.7. The van der Waals surface area contributed by atoms with Gasteiger partial charge in [0, 0.05) is 26.7 Å². The number of hydrogen-bond acceptors (Lipinski definition) is 5. The average Bonchev–Trinajstić information content (AvgIpc) is 2.44. The molecule has 5 nitrogen and oxygen atoms in total. The minimum atomic E-state index is -0.519. The maximum atomic E-state index is 9.25. The van der Waals surface area contributed by atoms with E-state index in [1.54, 1.807) is 7.11 Å². The highest BCUT2D eigenvalue weighted by Gasteiger charge is 2.25. The minimum absolute atomic E-state index is 0.0339. The summed E-state index contributed by atoms with van der Waals surface area (Å²) in [5.41, 5.74) is -0.519. The lowest BCUT2D eigenvalue weighted by Crippen LogP contribution is -2.44. The number of rotatable bonds is 13. The number of ether oxygens (including phenoxy) is 3. The standard InChI is InChI=1S/C15H30N2O3/c1-5-7-17-15(3,13-16)12-14(2)20-11-10-19-9-6-8-18-4/h14,17H,5-12H2,1-4H3. The fraction of sp³-hybridized carbons (Fsp3) is 0.933. The molecule has 0 spiro atoms. The van der Waals surface area contributed by atoms with Gasteiger partial charge >= 0.3 is 0 Å². The van der Waals surface area contributed by atoms with Crippen LogP contribution in [-0.4, -0.2) is 51.7 Å². The van der Waals surface area contributed by atoms with E-state index < -0.39 is 5.54 Å². The van der Waals surface area contributed by atoms with Gasteiger partial charge in [0.1, 0.15) is 5.54 Å². The zero-order valence-electron chi connectivity index (χ0n) is 13.4. The second-order valence-corrected chi connectivity index (χ2v) is 5.21. The molecule has 0 saturated carbocycles. The largest absolute Gasteiger partial charge is 0.385 e. The first-order valence-electron chi connectivity index (χ1n) is 7.42. The number of nitrogens with one attached hydrogen (secondary N) is 1. The summed E-state index contributed by atoms with van der Waals surface area (Å²) in [5.74, 6) is 0. The molecule has 0 fully saturated rings. The van der Waals surface area contributed by atoms with E-state index in [1.807, 2.05) is 13.8 Å². The third-order valence-electron chi connectivity index (χ3n) is 2.97. The van der Waals surface area contributed by atoms with Crippen LogP contribution in [-0.2, 0) is 14.2 Å². The fourth-order valence-electron chi connectivity index (χ4n) is 1.91. The normalized spacial score (nSPS) is 15.6. The lowest BCUT2D eigenvalue weighted by atomic mass is 9.96. The quantitative estimate of drug-likeness (QED) is 0.525. The first-order valence-corrected chi connectivity index (χ1v) is 7.42. The van der Waals surface area contributed by atoms with Gasteiger partial charge in [-0.1, -0.05) is 6.92 Å². The van der Waals surface area contributed by atoms with Gasteiger partial charge in [-0.25, -0.2) is 0 Å². The summed E-state index contributed by atoms with van der Waals surface area (Å²) in [7, 11) is 1.68. The van der Waals surface area contributed by atoms with Crippen LogP contribution in [0, 0.1) is 11.3 Å². The van der Waals surface area contributed by atoms with Crippen molar-refractivity contribution >= 4 is 0 Å². The summed E-state index contributed by atoms with van der Waals surface area (Å²) >= 11 is 0. The van der Waals surface area contributed by atoms with Crippen molar-refractivity contribution in [2.75, 3.05) is 40.1 Å². The Balaban J connectivity index is 3.70. The Bertz CT molecular complexity index is 268. The summed E-state index contributed by atoms with van der Waals surface area (Å²) in [6.45, 7) is 9.41. The SMILES string of the molecule is CCCNC(C)(C#N)CC(C)OCCOCCCOC. The van der Waals surface area contributed by atoms with Gasteiger partial charge < -0.3 is 14.2 Å². The molecular weight excluding hydrogens is 256 g/mol. The van der Waals surface area contributed by atoms with E-state index in [0.29, 0.717) is 26.2 Å². The highest BCUT2D eigenvalue weighted by atomic mass is 16.5. The van der Waals surface area contributed by atoms with Crippen LogP contribution in [0.15, 0.2) is 0 Å². The first kappa shape index (κ1) is 19.3. The molecule has 5 heteroatoms. The Labute approximate surface area is 123 Å². The highest BCUT2D eigenvalue weighted by molar-refractivity contribution is 5.04. The second-order valence-electron chi connectivity index (χ2n) is 5.21. The predicted molar refractivity (Wildman–Crippen MR) is 79.7 cm³/mol. The zero-order valence-corrected chi connectivity index (χ0v) is 13.4. The van der Waals surface area contributed by atoms with E-state index in [2.05, 4.69) is 18.3 Å². The van der Waals surface area contributed by atoms with Crippen LogP contribution in [0.2, 0.25) is 0 Å². The van der Waals surface area contributed by atoms with E-state index in [-0.39, 0.29) is 6.10 Å². The van der Waals surface area contributed by atoms with Crippen molar-refractivity contribution in [2.45, 2.75) is 51.7 Å². The molecule has 0 aliphatic carbocycles. The predicted octanol–water partition coefficient (Wildman–Crippen LogP) is 2.12. The van der Waals surface area contributed by atoms with E-state index >= 15 is 0 Å². The van der Waals surface area contributed by atoms with Gasteiger partial charge in [0.05, 0.1) is 25.4 Å². The van der Waals surface area contributed by atoms with Gasteiger partial charge in [-0.3, -0.25) is 5.32 Å². The molecule has 2 unspecified atom stereocenters. The molecule has 2 atom stereocenters. The molecule has 0 aromatic rings. The second kappa shape index (κ2) is 12.1. The fourth-order valence-corrected chi connectivity index (χ4v) is 1.91. The van der Waals surface area contributed by atoms with Crippen LogP contribution < -0.4 is 5.32 Å². The Morgan fingerprint density at radius 2 is 2.00 bits per heavy atom. The van der Waals surface area contributed by atoms with Gasteiger partial charge in [0.25, 0.3) is 0 Å². The molecule has 20 heavy (non-hydrogen) atoms. The summed E-state index contributed by atoms with van der Waals surface area (Å²) in [4.78, 5) is 0. The molecule has 118 valence electrons. The summed E-state index contributed by atoms with van der Waals surface area (Å²) in [6.07, 6.45) is 2.63. The number of hydrogen-bond donors (Lipinski definition) is 1. The van der Waals surface area contributed by atoms with Crippen molar-refractivity contribution in [1.29, 1.82) is 5.26 Å². The molecular formula is C15H30N2O3. The van der Waals surface area contributed by atoms with E-state index in [0.717, 1.165) is 26.0 Å². The van der Waals surface area contributed by atoms with Crippen molar-refractivity contribution in [2.24, 2.45) is 0 Å². The van der Waals surface area contributed by atoms with Crippen LogP contribution in [0.1, 0.15) is 40.0 Å². The zero-order chi connectivity index (χ0) is 15.3. The molecule has 0 aliphatic heterocycles. The third-order valence-corrected chi connectivity index (χ3v) is 2.97. The molecule has 0 aromatic carbocycles. The van der Waals surface area contributed by atoms with Gasteiger partial charge in [-0.2, -0.15) is 5.26 Å². The molecule has 0 aliphatic rings. The Morgan fingerprint density at radius 3 is 2.60 bits per heavy atom. The topological polar surface area (TPSA) is 63.5 Å². The molecule has 0 saturated heterocycles. The first-order chi connectivity index (χ1) is 9.58. The van der Waals surface area contributed by atoms with Crippen LogP contribution >= 0.6 is 0 Å². The van der Waals surface area contributed by atoms with E-state index in [4.69, 9.17) is 14.2 Å². The lowest BCUT2D eigenvalue weighted by Gasteiger charge is -2.26. The summed E-state index contributed by atoms with van der Waals surface area (Å²) < 4.78 is 16.0. The van der Waals surface area contributed by atoms with Gasteiger partial charge in [0.2, 0.25) is 0 Å². The molecule has 0 bridgehead atoms. The van der Waals surface area contributed by atoms with Crippen LogP contribution in [0.5, 0.6) is 0 Å². The molecule has 0 amide bonds. The van der Waals surface area contributed by atoms with E-state index in [9.17, 15) is 5.26 Å². The number of nitriles is 1. The monoisotopic (exact) mass is 286 g/mol. The van der Waals surface area contributed by atoms with Crippen molar-refractivity contribution in [1.82, 2.24) is 5.32 Å². The molecule has 0 heterocycles. The maximum Gasteiger partial charge on any atom is 0.106 e. The summed E-state index contributed by atoms with van der Waals surface area (Å²) in [5, 5.41) is 12.5. The van der Waals surface area contributed by atoms with Crippen molar-refractivity contribution in [3.8, 4) is 6.07 Å². The van der Waals surface area contributed by atoms with E-state index in [1.165, 1.54) is 0 Å². The smallest absolute Gasteiger partial charge is 0.106 e. The average molecular weight is 286 g/mol.